The normalized spacial score (nSPS) is 11.1. The third kappa shape index (κ3) is 2.63. The van der Waals surface area contributed by atoms with Crippen molar-refractivity contribution in [2.45, 2.75) is 46.0 Å². The Morgan fingerprint density at radius 3 is 2.72 bits per heavy atom. The molecule has 0 unspecified atom stereocenters. The van der Waals surface area contributed by atoms with Crippen LogP contribution in [-0.2, 0) is 6.42 Å². The molecule has 0 saturated heterocycles. The predicted molar refractivity (Wildman–Crippen MR) is 76.3 cm³/mol. The lowest BCUT2D eigenvalue weighted by Gasteiger charge is -2.14. The van der Waals surface area contributed by atoms with E-state index in [4.69, 9.17) is 0 Å². The van der Waals surface area contributed by atoms with Crippen LogP contribution in [0.25, 0.3) is 5.69 Å². The fourth-order valence-corrected chi connectivity index (χ4v) is 2.27. The quantitative estimate of drug-likeness (QED) is 0.762. The van der Waals surface area contributed by atoms with Crippen LogP contribution < -0.4 is 0 Å². The Hall–Kier alpha value is -1.57. The fourth-order valence-electron chi connectivity index (χ4n) is 2.27. The van der Waals surface area contributed by atoms with Crippen molar-refractivity contribution in [2.75, 3.05) is 0 Å². The van der Waals surface area contributed by atoms with Gasteiger partial charge in [-0.25, -0.2) is 4.98 Å². The Bertz CT molecular complexity index is 497. The number of hydrogen-bond donors (Lipinski definition) is 0. The summed E-state index contributed by atoms with van der Waals surface area (Å²) in [6, 6.07) is 8.66. The molecule has 0 amide bonds. The molecule has 0 aliphatic heterocycles. The van der Waals surface area contributed by atoms with Gasteiger partial charge in [-0.05, 0) is 24.5 Å². The number of nitrogens with zero attached hydrogens (tertiary/aromatic N) is 2. The second-order valence-electron chi connectivity index (χ2n) is 5.04. The zero-order valence-electron chi connectivity index (χ0n) is 11.6. The molecule has 1 aromatic heterocycles. The molecule has 1 heterocycles. The van der Waals surface area contributed by atoms with Crippen LogP contribution in [0.5, 0.6) is 0 Å². The van der Waals surface area contributed by atoms with Crippen molar-refractivity contribution in [3.8, 4) is 5.69 Å². The summed E-state index contributed by atoms with van der Waals surface area (Å²) in [6.07, 6.45) is 7.58. The fraction of sp³-hybridized carbons (Fsp3) is 0.438. The van der Waals surface area contributed by atoms with Gasteiger partial charge in [0.15, 0.2) is 0 Å². The number of aromatic nitrogens is 2. The first kappa shape index (κ1) is 12.9. The SMILES string of the molecule is CCCCc1ccccc1-n1ccnc1C(C)C. The number of hydrogen-bond acceptors (Lipinski definition) is 1. The summed E-state index contributed by atoms with van der Waals surface area (Å²) in [4.78, 5) is 4.48. The first-order valence-electron chi connectivity index (χ1n) is 6.85. The van der Waals surface area contributed by atoms with Crippen molar-refractivity contribution in [1.82, 2.24) is 9.55 Å². The molecule has 0 radical (unpaired) electrons. The Labute approximate surface area is 110 Å². The van der Waals surface area contributed by atoms with E-state index in [-0.39, 0.29) is 0 Å². The monoisotopic (exact) mass is 242 g/mol. The van der Waals surface area contributed by atoms with E-state index in [1.807, 2.05) is 6.20 Å². The van der Waals surface area contributed by atoms with Gasteiger partial charge in [0.1, 0.15) is 5.82 Å². The molecule has 2 rings (SSSR count). The zero-order chi connectivity index (χ0) is 13.0. The maximum atomic E-state index is 4.48. The summed E-state index contributed by atoms with van der Waals surface area (Å²) >= 11 is 0. The Morgan fingerprint density at radius 2 is 2.00 bits per heavy atom. The van der Waals surface area contributed by atoms with Crippen LogP contribution >= 0.6 is 0 Å². The van der Waals surface area contributed by atoms with E-state index in [0.29, 0.717) is 5.92 Å². The minimum atomic E-state index is 0.444. The van der Waals surface area contributed by atoms with Gasteiger partial charge >= 0.3 is 0 Å². The molecule has 0 atom stereocenters. The van der Waals surface area contributed by atoms with Gasteiger partial charge in [-0.1, -0.05) is 45.4 Å². The van der Waals surface area contributed by atoms with Crippen LogP contribution in [0, 0.1) is 0 Å². The Kier molecular flexibility index (Phi) is 4.19. The van der Waals surface area contributed by atoms with Crippen molar-refractivity contribution in [3.05, 3.63) is 48.0 Å². The third-order valence-corrected chi connectivity index (χ3v) is 3.24. The summed E-state index contributed by atoms with van der Waals surface area (Å²) in [5, 5.41) is 0. The zero-order valence-corrected chi connectivity index (χ0v) is 11.6. The Morgan fingerprint density at radius 1 is 1.22 bits per heavy atom. The van der Waals surface area contributed by atoms with Gasteiger partial charge in [-0.15, -0.1) is 0 Å². The van der Waals surface area contributed by atoms with E-state index >= 15 is 0 Å². The molecule has 1 aromatic carbocycles. The van der Waals surface area contributed by atoms with Crippen molar-refractivity contribution in [2.24, 2.45) is 0 Å². The largest absolute Gasteiger partial charge is 0.303 e. The van der Waals surface area contributed by atoms with Crippen LogP contribution in [0.2, 0.25) is 0 Å². The maximum absolute atomic E-state index is 4.48. The third-order valence-electron chi connectivity index (χ3n) is 3.24. The van der Waals surface area contributed by atoms with Crippen molar-refractivity contribution in [1.29, 1.82) is 0 Å². The number of benzene rings is 1. The first-order chi connectivity index (χ1) is 8.74. The minimum Gasteiger partial charge on any atom is -0.303 e. The van der Waals surface area contributed by atoms with E-state index in [9.17, 15) is 0 Å². The minimum absolute atomic E-state index is 0.444. The maximum Gasteiger partial charge on any atom is 0.115 e. The highest BCUT2D eigenvalue weighted by molar-refractivity contribution is 5.42. The number of imidazole rings is 1. The average Bonchev–Trinajstić information content (AvgIpc) is 2.86. The number of rotatable bonds is 5. The van der Waals surface area contributed by atoms with Crippen LogP contribution in [0.4, 0.5) is 0 Å². The summed E-state index contributed by atoms with van der Waals surface area (Å²) < 4.78 is 2.23. The molecule has 2 heteroatoms. The van der Waals surface area contributed by atoms with Gasteiger partial charge in [-0.3, -0.25) is 0 Å². The second kappa shape index (κ2) is 5.85. The molecule has 0 bridgehead atoms. The molecular formula is C16H22N2. The number of unbranched alkanes of at least 4 members (excludes halogenated alkanes) is 1. The van der Waals surface area contributed by atoms with Crippen molar-refractivity contribution >= 4 is 0 Å². The summed E-state index contributed by atoms with van der Waals surface area (Å²) in [5.41, 5.74) is 2.70. The van der Waals surface area contributed by atoms with Crippen LogP contribution in [0.1, 0.15) is 50.9 Å². The van der Waals surface area contributed by atoms with Gasteiger partial charge in [0.05, 0.1) is 0 Å². The molecule has 0 spiro atoms. The van der Waals surface area contributed by atoms with E-state index in [2.05, 4.69) is 60.8 Å². The number of aryl methyl sites for hydroxylation is 1. The Balaban J connectivity index is 2.40. The molecule has 2 aromatic rings. The molecule has 0 saturated carbocycles. The van der Waals surface area contributed by atoms with Gasteiger partial charge in [-0.2, -0.15) is 0 Å². The summed E-state index contributed by atoms with van der Waals surface area (Å²) in [5.74, 6) is 1.58. The first-order valence-corrected chi connectivity index (χ1v) is 6.85. The van der Waals surface area contributed by atoms with Crippen LogP contribution in [-0.4, -0.2) is 9.55 Å². The molecule has 0 N–H and O–H groups in total. The van der Waals surface area contributed by atoms with Crippen molar-refractivity contribution in [3.63, 3.8) is 0 Å². The second-order valence-corrected chi connectivity index (χ2v) is 5.04. The standard InChI is InChI=1S/C16H22N2/c1-4-5-8-14-9-6-7-10-15(14)18-12-11-17-16(18)13(2)3/h6-7,9-13H,4-5,8H2,1-3H3. The van der Waals surface area contributed by atoms with Crippen molar-refractivity contribution < 1.29 is 0 Å². The molecule has 96 valence electrons. The predicted octanol–water partition coefficient (Wildman–Crippen LogP) is 4.34. The highest BCUT2D eigenvalue weighted by atomic mass is 15.1. The van der Waals surface area contributed by atoms with E-state index in [1.165, 1.54) is 24.1 Å². The van der Waals surface area contributed by atoms with Crippen LogP contribution in [0.3, 0.4) is 0 Å². The van der Waals surface area contributed by atoms with Gasteiger partial charge in [0.2, 0.25) is 0 Å². The molecule has 0 aliphatic rings. The molecule has 0 aliphatic carbocycles. The highest BCUT2D eigenvalue weighted by Gasteiger charge is 2.11. The molecule has 18 heavy (non-hydrogen) atoms. The number of para-hydroxylation sites is 1. The van der Waals surface area contributed by atoms with E-state index in [1.54, 1.807) is 0 Å². The van der Waals surface area contributed by atoms with Gasteiger partial charge in [0, 0.05) is 24.0 Å². The average molecular weight is 242 g/mol. The lowest BCUT2D eigenvalue weighted by atomic mass is 10.1. The van der Waals surface area contributed by atoms with E-state index < -0.39 is 0 Å². The topological polar surface area (TPSA) is 17.8 Å². The molecule has 2 nitrogen and oxygen atoms in total. The van der Waals surface area contributed by atoms with Crippen LogP contribution in [0.15, 0.2) is 36.7 Å². The summed E-state index contributed by atoms with van der Waals surface area (Å²) in [6.45, 7) is 6.61. The lowest BCUT2D eigenvalue weighted by molar-refractivity contribution is 0.740. The summed E-state index contributed by atoms with van der Waals surface area (Å²) in [7, 11) is 0. The smallest absolute Gasteiger partial charge is 0.115 e. The molecular weight excluding hydrogens is 220 g/mol. The molecule has 0 fully saturated rings. The van der Waals surface area contributed by atoms with Gasteiger partial charge in [0.25, 0.3) is 0 Å². The highest BCUT2D eigenvalue weighted by Crippen LogP contribution is 2.22. The van der Waals surface area contributed by atoms with Gasteiger partial charge < -0.3 is 4.57 Å². The van der Waals surface area contributed by atoms with E-state index in [0.717, 1.165) is 12.2 Å². The lowest BCUT2D eigenvalue weighted by Crippen LogP contribution is -2.05.